The van der Waals surface area contributed by atoms with E-state index in [9.17, 15) is 0 Å². The molecule has 0 bridgehead atoms. The Morgan fingerprint density at radius 2 is 2.29 bits per heavy atom. The summed E-state index contributed by atoms with van der Waals surface area (Å²) in [6.45, 7) is 1.88. The Balaban J connectivity index is 1.99. The van der Waals surface area contributed by atoms with Gasteiger partial charge in [0.2, 0.25) is 0 Å². The molecule has 0 aromatic carbocycles. The molecule has 0 fully saturated rings. The van der Waals surface area contributed by atoms with Crippen LogP contribution in [0.5, 0.6) is 0 Å². The zero-order valence-electron chi connectivity index (χ0n) is 8.54. The normalized spacial score (nSPS) is 10.7. The molecule has 0 radical (unpaired) electrons. The summed E-state index contributed by atoms with van der Waals surface area (Å²) in [5.74, 6) is 0. The molecule has 0 atom stereocenters. The summed E-state index contributed by atoms with van der Waals surface area (Å²) in [6.07, 6.45) is 5.70. The number of rotatable bonds is 7. The second kappa shape index (κ2) is 6.95. The highest BCUT2D eigenvalue weighted by molar-refractivity contribution is 9.09. The standard InChI is InChI=1S/C9H17BrN4/c1-14-8-9(12-13-14)7-11-6-4-2-3-5-10/h8,11H,2-7H2,1H3. The van der Waals surface area contributed by atoms with E-state index in [0.29, 0.717) is 0 Å². The maximum Gasteiger partial charge on any atom is 0.0964 e. The van der Waals surface area contributed by atoms with E-state index in [4.69, 9.17) is 0 Å². The monoisotopic (exact) mass is 260 g/mol. The molecule has 1 aromatic heterocycles. The third kappa shape index (κ3) is 4.72. The van der Waals surface area contributed by atoms with E-state index < -0.39 is 0 Å². The molecule has 4 nitrogen and oxygen atoms in total. The van der Waals surface area contributed by atoms with Gasteiger partial charge in [-0.05, 0) is 19.4 Å². The second-order valence-electron chi connectivity index (χ2n) is 3.31. The van der Waals surface area contributed by atoms with Crippen LogP contribution in [0.15, 0.2) is 6.20 Å². The van der Waals surface area contributed by atoms with Crippen molar-refractivity contribution in [1.29, 1.82) is 0 Å². The van der Waals surface area contributed by atoms with Crippen LogP contribution < -0.4 is 5.32 Å². The number of unbranched alkanes of at least 4 members (excludes halogenated alkanes) is 2. The van der Waals surface area contributed by atoms with Crippen molar-refractivity contribution in [2.75, 3.05) is 11.9 Å². The lowest BCUT2D eigenvalue weighted by Crippen LogP contribution is -2.14. The summed E-state index contributed by atoms with van der Waals surface area (Å²) in [5, 5.41) is 12.3. The first-order valence-electron chi connectivity index (χ1n) is 4.95. The maximum atomic E-state index is 3.99. The fourth-order valence-electron chi connectivity index (χ4n) is 1.21. The quantitative estimate of drug-likeness (QED) is 0.597. The molecule has 0 amide bonds. The van der Waals surface area contributed by atoms with Gasteiger partial charge >= 0.3 is 0 Å². The van der Waals surface area contributed by atoms with Crippen molar-refractivity contribution >= 4 is 15.9 Å². The predicted octanol–water partition coefficient (Wildman–Crippen LogP) is 1.47. The molecule has 0 aliphatic carbocycles. The topological polar surface area (TPSA) is 42.7 Å². The molecule has 1 N–H and O–H groups in total. The molecule has 0 aliphatic heterocycles. The van der Waals surface area contributed by atoms with Crippen molar-refractivity contribution < 1.29 is 0 Å². The highest BCUT2D eigenvalue weighted by atomic mass is 79.9. The number of halogens is 1. The highest BCUT2D eigenvalue weighted by Crippen LogP contribution is 1.97. The van der Waals surface area contributed by atoms with Crippen molar-refractivity contribution in [3.05, 3.63) is 11.9 Å². The molecule has 0 spiro atoms. The fraction of sp³-hybridized carbons (Fsp3) is 0.778. The lowest BCUT2D eigenvalue weighted by Gasteiger charge is -2.00. The van der Waals surface area contributed by atoms with Crippen LogP contribution in [-0.2, 0) is 13.6 Å². The smallest absolute Gasteiger partial charge is 0.0964 e. The van der Waals surface area contributed by atoms with Crippen molar-refractivity contribution in [1.82, 2.24) is 20.3 Å². The Labute approximate surface area is 93.2 Å². The van der Waals surface area contributed by atoms with Gasteiger partial charge in [0.25, 0.3) is 0 Å². The van der Waals surface area contributed by atoms with Crippen molar-refractivity contribution in [3.63, 3.8) is 0 Å². The number of aryl methyl sites for hydroxylation is 1. The number of nitrogens with one attached hydrogen (secondary N) is 1. The fourth-order valence-corrected chi connectivity index (χ4v) is 1.61. The Hall–Kier alpha value is -0.420. The van der Waals surface area contributed by atoms with Gasteiger partial charge in [0, 0.05) is 25.1 Å². The van der Waals surface area contributed by atoms with Crippen LogP contribution >= 0.6 is 15.9 Å². The van der Waals surface area contributed by atoms with Gasteiger partial charge in [-0.3, -0.25) is 4.68 Å². The summed E-state index contributed by atoms with van der Waals surface area (Å²) < 4.78 is 1.72. The Bertz CT molecular complexity index is 249. The molecule has 80 valence electrons. The van der Waals surface area contributed by atoms with E-state index in [1.165, 1.54) is 19.3 Å². The van der Waals surface area contributed by atoms with Crippen LogP contribution in [0.1, 0.15) is 25.0 Å². The molecule has 0 aliphatic rings. The molecule has 1 aromatic rings. The SMILES string of the molecule is Cn1cc(CNCCCCCBr)nn1. The first-order valence-corrected chi connectivity index (χ1v) is 6.07. The lowest BCUT2D eigenvalue weighted by molar-refractivity contribution is 0.612. The van der Waals surface area contributed by atoms with Crippen molar-refractivity contribution in [2.45, 2.75) is 25.8 Å². The van der Waals surface area contributed by atoms with Gasteiger partial charge in [-0.2, -0.15) is 0 Å². The van der Waals surface area contributed by atoms with Crippen LogP contribution in [0.3, 0.4) is 0 Å². The molecule has 0 unspecified atom stereocenters. The molecular weight excluding hydrogens is 244 g/mol. The molecule has 1 heterocycles. The highest BCUT2D eigenvalue weighted by Gasteiger charge is 1.96. The van der Waals surface area contributed by atoms with Crippen molar-refractivity contribution in [3.8, 4) is 0 Å². The minimum absolute atomic E-state index is 0.822. The zero-order valence-corrected chi connectivity index (χ0v) is 10.1. The van der Waals surface area contributed by atoms with Gasteiger partial charge in [0.1, 0.15) is 0 Å². The Kier molecular flexibility index (Phi) is 5.78. The van der Waals surface area contributed by atoms with Gasteiger partial charge in [-0.15, -0.1) is 5.10 Å². The Morgan fingerprint density at radius 3 is 2.93 bits per heavy atom. The van der Waals surface area contributed by atoms with E-state index in [1.54, 1.807) is 4.68 Å². The van der Waals surface area contributed by atoms with Crippen LogP contribution in [0.4, 0.5) is 0 Å². The number of alkyl halides is 1. The number of aromatic nitrogens is 3. The predicted molar refractivity (Wildman–Crippen MR) is 60.4 cm³/mol. The second-order valence-corrected chi connectivity index (χ2v) is 4.10. The summed E-state index contributed by atoms with van der Waals surface area (Å²) in [4.78, 5) is 0. The third-order valence-electron chi connectivity index (χ3n) is 1.94. The Morgan fingerprint density at radius 1 is 1.43 bits per heavy atom. The minimum Gasteiger partial charge on any atom is -0.311 e. The third-order valence-corrected chi connectivity index (χ3v) is 2.50. The van der Waals surface area contributed by atoms with Gasteiger partial charge < -0.3 is 5.32 Å². The van der Waals surface area contributed by atoms with E-state index >= 15 is 0 Å². The average molecular weight is 261 g/mol. The largest absolute Gasteiger partial charge is 0.311 e. The molecular formula is C9H17BrN4. The van der Waals surface area contributed by atoms with E-state index in [0.717, 1.165) is 24.1 Å². The van der Waals surface area contributed by atoms with E-state index in [2.05, 4.69) is 31.6 Å². The van der Waals surface area contributed by atoms with Crippen molar-refractivity contribution in [2.24, 2.45) is 7.05 Å². The van der Waals surface area contributed by atoms with Gasteiger partial charge in [-0.25, -0.2) is 0 Å². The molecule has 1 rings (SSSR count). The van der Waals surface area contributed by atoms with E-state index in [1.807, 2.05) is 13.2 Å². The molecule has 0 saturated carbocycles. The minimum atomic E-state index is 0.822. The summed E-state index contributed by atoms with van der Waals surface area (Å²) >= 11 is 3.42. The van der Waals surface area contributed by atoms with Gasteiger partial charge in [-0.1, -0.05) is 27.6 Å². The summed E-state index contributed by atoms with van der Waals surface area (Å²) in [5.41, 5.74) is 1.01. The van der Waals surface area contributed by atoms with Crippen LogP contribution in [0.25, 0.3) is 0 Å². The van der Waals surface area contributed by atoms with Gasteiger partial charge in [0.05, 0.1) is 5.69 Å². The molecule has 0 saturated heterocycles. The molecule has 5 heteroatoms. The zero-order chi connectivity index (χ0) is 10.2. The number of nitrogens with zero attached hydrogens (tertiary/aromatic N) is 3. The summed E-state index contributed by atoms with van der Waals surface area (Å²) in [7, 11) is 1.88. The average Bonchev–Trinajstić information content (AvgIpc) is 2.58. The molecule has 14 heavy (non-hydrogen) atoms. The maximum absolute atomic E-state index is 3.99. The van der Waals surface area contributed by atoms with Gasteiger partial charge in [0.15, 0.2) is 0 Å². The lowest BCUT2D eigenvalue weighted by atomic mass is 10.2. The number of hydrogen-bond donors (Lipinski definition) is 1. The summed E-state index contributed by atoms with van der Waals surface area (Å²) in [6, 6.07) is 0. The van der Waals surface area contributed by atoms with E-state index in [-0.39, 0.29) is 0 Å². The van der Waals surface area contributed by atoms with Crippen LogP contribution in [0, 0.1) is 0 Å². The first-order chi connectivity index (χ1) is 6.83. The van der Waals surface area contributed by atoms with Crippen LogP contribution in [0.2, 0.25) is 0 Å². The van der Waals surface area contributed by atoms with Crippen LogP contribution in [-0.4, -0.2) is 26.9 Å². The first kappa shape index (κ1) is 11.7. The number of hydrogen-bond acceptors (Lipinski definition) is 3.